The van der Waals surface area contributed by atoms with Crippen LogP contribution in [0.4, 0.5) is 0 Å². The topological polar surface area (TPSA) is 41.5 Å². The third-order valence-corrected chi connectivity index (χ3v) is 3.88. The van der Waals surface area contributed by atoms with Gasteiger partial charge in [0.15, 0.2) is 0 Å². The summed E-state index contributed by atoms with van der Waals surface area (Å²) in [6.45, 7) is 6.38. The van der Waals surface area contributed by atoms with E-state index in [-0.39, 0.29) is 5.91 Å². The minimum atomic E-state index is -0.127. The average molecular weight is 258 g/mol. The molecule has 0 heterocycles. The Kier molecular flexibility index (Phi) is 4.35. The Labute approximate surface area is 115 Å². The predicted octanol–water partition coefficient (Wildman–Crippen LogP) is 3.54. The first-order valence-electron chi connectivity index (χ1n) is 7.02. The van der Waals surface area contributed by atoms with Crippen molar-refractivity contribution in [3.63, 3.8) is 0 Å². The predicted molar refractivity (Wildman–Crippen MR) is 78.3 cm³/mol. The van der Waals surface area contributed by atoms with Gasteiger partial charge in [-0.25, -0.2) is 5.43 Å². The first kappa shape index (κ1) is 13.8. The highest BCUT2D eigenvalue weighted by molar-refractivity contribution is 5.96. The highest BCUT2D eigenvalue weighted by Gasteiger charge is 2.23. The van der Waals surface area contributed by atoms with Gasteiger partial charge in [0, 0.05) is 11.3 Å². The lowest BCUT2D eigenvalue weighted by Gasteiger charge is -2.26. The SMILES string of the molecule is Cc1ccc(C(=O)NN=C2[C@H](C)CCC[C@@H]2C)cc1. The van der Waals surface area contributed by atoms with Crippen LogP contribution in [0.3, 0.4) is 0 Å². The molecule has 0 radical (unpaired) electrons. The second kappa shape index (κ2) is 6.00. The van der Waals surface area contributed by atoms with Crippen LogP contribution in [0.25, 0.3) is 0 Å². The molecule has 0 saturated heterocycles. The lowest BCUT2D eigenvalue weighted by molar-refractivity contribution is 0.0954. The second-order valence-corrected chi connectivity index (χ2v) is 5.58. The Morgan fingerprint density at radius 3 is 2.32 bits per heavy atom. The molecule has 1 fully saturated rings. The van der Waals surface area contributed by atoms with E-state index in [4.69, 9.17) is 0 Å². The fourth-order valence-corrected chi connectivity index (χ4v) is 2.62. The Balaban J connectivity index is 2.04. The summed E-state index contributed by atoms with van der Waals surface area (Å²) < 4.78 is 0. The van der Waals surface area contributed by atoms with E-state index in [1.807, 2.05) is 31.2 Å². The highest BCUT2D eigenvalue weighted by atomic mass is 16.2. The second-order valence-electron chi connectivity index (χ2n) is 5.58. The number of rotatable bonds is 2. The molecule has 0 spiro atoms. The lowest BCUT2D eigenvalue weighted by Crippen LogP contribution is -2.29. The first-order valence-corrected chi connectivity index (χ1v) is 7.02. The van der Waals surface area contributed by atoms with E-state index >= 15 is 0 Å². The minimum Gasteiger partial charge on any atom is -0.267 e. The summed E-state index contributed by atoms with van der Waals surface area (Å²) in [5.41, 5.74) is 5.64. The number of carbonyl (C=O) groups excluding carboxylic acids is 1. The van der Waals surface area contributed by atoms with Crippen LogP contribution in [0, 0.1) is 18.8 Å². The van der Waals surface area contributed by atoms with E-state index in [1.54, 1.807) is 0 Å². The number of hydrogen-bond acceptors (Lipinski definition) is 2. The standard InChI is InChI=1S/C16H22N2O/c1-11-7-9-14(10-8-11)16(19)18-17-15-12(2)5-4-6-13(15)3/h7-10,12-13H,4-6H2,1-3H3,(H,18,19)/t12-,13+. The molecule has 1 aromatic carbocycles. The number of hydrazone groups is 1. The van der Waals surface area contributed by atoms with Gasteiger partial charge < -0.3 is 0 Å². The van der Waals surface area contributed by atoms with Crippen LogP contribution in [0.1, 0.15) is 49.0 Å². The molecule has 0 bridgehead atoms. The molecule has 0 aromatic heterocycles. The molecule has 0 aliphatic heterocycles. The summed E-state index contributed by atoms with van der Waals surface area (Å²) in [6.07, 6.45) is 3.60. The van der Waals surface area contributed by atoms with Crippen LogP contribution in [0.15, 0.2) is 29.4 Å². The molecule has 3 nitrogen and oxygen atoms in total. The number of nitrogens with one attached hydrogen (secondary N) is 1. The van der Waals surface area contributed by atoms with Gasteiger partial charge in [-0.1, -0.05) is 38.0 Å². The number of carbonyl (C=O) groups is 1. The summed E-state index contributed by atoms with van der Waals surface area (Å²) in [5.74, 6) is 0.821. The van der Waals surface area contributed by atoms with Crippen molar-refractivity contribution in [3.8, 4) is 0 Å². The normalized spacial score (nSPS) is 25.3. The van der Waals surface area contributed by atoms with Gasteiger partial charge in [-0.2, -0.15) is 5.10 Å². The Morgan fingerprint density at radius 1 is 1.16 bits per heavy atom. The molecule has 1 amide bonds. The van der Waals surface area contributed by atoms with E-state index in [1.165, 1.54) is 19.3 Å². The van der Waals surface area contributed by atoms with Gasteiger partial charge in [-0.15, -0.1) is 0 Å². The Hall–Kier alpha value is -1.64. The average Bonchev–Trinajstić information content (AvgIpc) is 2.38. The van der Waals surface area contributed by atoms with Gasteiger partial charge >= 0.3 is 0 Å². The molecular weight excluding hydrogens is 236 g/mol. The number of nitrogens with zero attached hydrogens (tertiary/aromatic N) is 1. The molecule has 102 valence electrons. The highest BCUT2D eigenvalue weighted by Crippen LogP contribution is 2.25. The van der Waals surface area contributed by atoms with Crippen molar-refractivity contribution in [2.24, 2.45) is 16.9 Å². The molecule has 1 aliphatic rings. The van der Waals surface area contributed by atoms with E-state index in [0.717, 1.165) is 11.3 Å². The largest absolute Gasteiger partial charge is 0.271 e. The maximum absolute atomic E-state index is 12.0. The number of hydrogen-bond donors (Lipinski definition) is 1. The van der Waals surface area contributed by atoms with Crippen molar-refractivity contribution >= 4 is 11.6 Å². The molecule has 2 atom stereocenters. The third-order valence-electron chi connectivity index (χ3n) is 3.88. The summed E-state index contributed by atoms with van der Waals surface area (Å²) in [7, 11) is 0. The molecule has 2 rings (SSSR count). The molecule has 1 N–H and O–H groups in total. The van der Waals surface area contributed by atoms with E-state index in [0.29, 0.717) is 17.4 Å². The van der Waals surface area contributed by atoms with Gasteiger partial charge in [-0.3, -0.25) is 4.79 Å². The van der Waals surface area contributed by atoms with Gasteiger partial charge in [0.2, 0.25) is 0 Å². The van der Waals surface area contributed by atoms with Crippen LogP contribution in [0.5, 0.6) is 0 Å². The maximum Gasteiger partial charge on any atom is 0.271 e. The van der Waals surface area contributed by atoms with Gasteiger partial charge in [0.1, 0.15) is 0 Å². The number of benzene rings is 1. The zero-order valence-corrected chi connectivity index (χ0v) is 11.9. The molecule has 1 aliphatic carbocycles. The smallest absolute Gasteiger partial charge is 0.267 e. The molecular formula is C16H22N2O. The van der Waals surface area contributed by atoms with Crippen molar-refractivity contribution < 1.29 is 4.79 Å². The molecule has 3 heteroatoms. The first-order chi connectivity index (χ1) is 9.08. The maximum atomic E-state index is 12.0. The summed E-state index contributed by atoms with van der Waals surface area (Å²) in [6, 6.07) is 7.54. The molecule has 1 aromatic rings. The van der Waals surface area contributed by atoms with Crippen molar-refractivity contribution in [2.45, 2.75) is 40.0 Å². The molecule has 19 heavy (non-hydrogen) atoms. The van der Waals surface area contributed by atoms with Crippen LogP contribution < -0.4 is 5.43 Å². The van der Waals surface area contributed by atoms with Gasteiger partial charge in [0.25, 0.3) is 5.91 Å². The van der Waals surface area contributed by atoms with Crippen LogP contribution >= 0.6 is 0 Å². The quantitative estimate of drug-likeness (QED) is 0.810. The Bertz CT molecular complexity index is 464. The Morgan fingerprint density at radius 2 is 1.74 bits per heavy atom. The third kappa shape index (κ3) is 3.43. The van der Waals surface area contributed by atoms with Crippen molar-refractivity contribution in [1.82, 2.24) is 5.43 Å². The fraction of sp³-hybridized carbons (Fsp3) is 0.500. The summed E-state index contributed by atoms with van der Waals surface area (Å²) in [4.78, 5) is 12.0. The van der Waals surface area contributed by atoms with Gasteiger partial charge in [-0.05, 0) is 43.7 Å². The monoisotopic (exact) mass is 258 g/mol. The van der Waals surface area contributed by atoms with E-state index in [9.17, 15) is 4.79 Å². The van der Waals surface area contributed by atoms with Crippen molar-refractivity contribution in [3.05, 3.63) is 35.4 Å². The zero-order valence-electron chi connectivity index (χ0n) is 11.9. The zero-order chi connectivity index (χ0) is 13.8. The fourth-order valence-electron chi connectivity index (χ4n) is 2.62. The number of aryl methyl sites for hydroxylation is 1. The van der Waals surface area contributed by atoms with Crippen molar-refractivity contribution in [2.75, 3.05) is 0 Å². The summed E-state index contributed by atoms with van der Waals surface area (Å²) in [5, 5.41) is 4.36. The van der Waals surface area contributed by atoms with Gasteiger partial charge in [0.05, 0.1) is 0 Å². The van der Waals surface area contributed by atoms with Crippen LogP contribution in [-0.2, 0) is 0 Å². The van der Waals surface area contributed by atoms with Crippen molar-refractivity contribution in [1.29, 1.82) is 0 Å². The van der Waals surface area contributed by atoms with E-state index in [2.05, 4.69) is 24.4 Å². The molecule has 0 unspecified atom stereocenters. The molecule has 1 saturated carbocycles. The lowest BCUT2D eigenvalue weighted by atomic mass is 9.81. The van der Waals surface area contributed by atoms with E-state index < -0.39 is 0 Å². The minimum absolute atomic E-state index is 0.127. The van der Waals surface area contributed by atoms with Crippen LogP contribution in [-0.4, -0.2) is 11.6 Å². The summed E-state index contributed by atoms with van der Waals surface area (Å²) >= 11 is 0. The van der Waals surface area contributed by atoms with Crippen LogP contribution in [0.2, 0.25) is 0 Å². The number of amides is 1.